The summed E-state index contributed by atoms with van der Waals surface area (Å²) in [4.78, 5) is 10.7. The Morgan fingerprint density at radius 1 is 1.62 bits per heavy atom. The van der Waals surface area contributed by atoms with E-state index >= 15 is 0 Å². The summed E-state index contributed by atoms with van der Waals surface area (Å²) in [7, 11) is 0. The third kappa shape index (κ3) is 1.26. The molecule has 0 spiro atoms. The van der Waals surface area contributed by atoms with E-state index < -0.39 is 12.0 Å². The molecule has 0 saturated heterocycles. The minimum atomic E-state index is -0.782. The summed E-state index contributed by atoms with van der Waals surface area (Å²) in [6, 6.07) is 5.46. The maximum atomic E-state index is 10.7. The number of fused-ring (bicyclic) bond motifs is 1. The molecular weight excluding hydrogens is 166 g/mol. The Bertz CT molecular complexity index is 360. The number of hydrogen-bond donors (Lipinski definition) is 2. The molecule has 68 valence electrons. The highest BCUT2D eigenvalue weighted by Crippen LogP contribution is 2.28. The Labute approximate surface area is 76.4 Å². The van der Waals surface area contributed by atoms with E-state index in [1.807, 2.05) is 25.1 Å². The number of carboxylic acids is 1. The molecule has 1 aromatic rings. The lowest BCUT2D eigenvalue weighted by Crippen LogP contribution is -2.26. The second-order valence-electron chi connectivity index (χ2n) is 3.35. The number of hydrogen-bond acceptors (Lipinski definition) is 2. The van der Waals surface area contributed by atoms with Crippen LogP contribution in [0.2, 0.25) is 0 Å². The van der Waals surface area contributed by atoms with E-state index in [2.05, 4.69) is 5.32 Å². The Morgan fingerprint density at radius 3 is 3.00 bits per heavy atom. The molecule has 0 saturated carbocycles. The summed E-state index contributed by atoms with van der Waals surface area (Å²) in [6.07, 6.45) is 0.590. The van der Waals surface area contributed by atoms with Crippen LogP contribution in [0.15, 0.2) is 18.2 Å². The fourth-order valence-corrected chi connectivity index (χ4v) is 1.70. The molecule has 1 aliphatic heterocycles. The van der Waals surface area contributed by atoms with E-state index in [0.29, 0.717) is 6.42 Å². The normalized spacial score (nSPS) is 19.3. The van der Waals surface area contributed by atoms with Crippen molar-refractivity contribution in [2.75, 3.05) is 5.32 Å². The highest BCUT2D eigenvalue weighted by atomic mass is 16.4. The zero-order valence-corrected chi connectivity index (χ0v) is 7.37. The fourth-order valence-electron chi connectivity index (χ4n) is 1.70. The highest BCUT2D eigenvalue weighted by molar-refractivity contribution is 5.82. The van der Waals surface area contributed by atoms with Crippen molar-refractivity contribution in [3.63, 3.8) is 0 Å². The minimum absolute atomic E-state index is 0.448. The Morgan fingerprint density at radius 2 is 2.38 bits per heavy atom. The second-order valence-corrected chi connectivity index (χ2v) is 3.35. The van der Waals surface area contributed by atoms with Crippen molar-refractivity contribution >= 4 is 11.7 Å². The van der Waals surface area contributed by atoms with Gasteiger partial charge in [0, 0.05) is 12.1 Å². The predicted octanol–water partition coefficient (Wildman–Crippen LogP) is 1.42. The van der Waals surface area contributed by atoms with E-state index in [1.54, 1.807) is 0 Å². The maximum absolute atomic E-state index is 10.7. The lowest BCUT2D eigenvalue weighted by Gasteiger charge is -2.05. The van der Waals surface area contributed by atoms with Gasteiger partial charge in [-0.25, -0.2) is 4.79 Å². The maximum Gasteiger partial charge on any atom is 0.326 e. The van der Waals surface area contributed by atoms with Gasteiger partial charge in [0.1, 0.15) is 6.04 Å². The number of anilines is 1. The van der Waals surface area contributed by atoms with Crippen LogP contribution in [0, 0.1) is 6.92 Å². The molecular formula is C10H11NO2. The molecule has 1 aromatic carbocycles. The van der Waals surface area contributed by atoms with E-state index in [0.717, 1.165) is 16.8 Å². The second kappa shape index (κ2) is 2.76. The standard InChI is InChI=1S/C10H11NO2/c1-6-3-2-4-7-5-8(10(12)13)11-9(6)7/h2-4,8,11H,5H2,1H3,(H,12,13). The van der Waals surface area contributed by atoms with Crippen molar-refractivity contribution in [2.24, 2.45) is 0 Å². The van der Waals surface area contributed by atoms with Crippen molar-refractivity contribution in [1.29, 1.82) is 0 Å². The molecule has 3 nitrogen and oxygen atoms in total. The SMILES string of the molecule is Cc1cccc2c1NC(C(=O)O)C2. The molecule has 1 aliphatic rings. The molecule has 1 heterocycles. The highest BCUT2D eigenvalue weighted by Gasteiger charge is 2.26. The third-order valence-corrected chi connectivity index (χ3v) is 2.40. The van der Waals surface area contributed by atoms with Gasteiger partial charge in [-0.3, -0.25) is 0 Å². The van der Waals surface area contributed by atoms with Crippen LogP contribution in [0.25, 0.3) is 0 Å². The summed E-state index contributed by atoms with van der Waals surface area (Å²) >= 11 is 0. The van der Waals surface area contributed by atoms with Crippen LogP contribution in [0.3, 0.4) is 0 Å². The molecule has 0 amide bonds. The van der Waals surface area contributed by atoms with Crippen LogP contribution in [-0.4, -0.2) is 17.1 Å². The van der Waals surface area contributed by atoms with Crippen LogP contribution in [0.5, 0.6) is 0 Å². The van der Waals surface area contributed by atoms with Gasteiger partial charge in [0.05, 0.1) is 0 Å². The molecule has 0 bridgehead atoms. The van der Waals surface area contributed by atoms with Crippen molar-refractivity contribution < 1.29 is 9.90 Å². The first-order valence-corrected chi connectivity index (χ1v) is 4.26. The zero-order valence-electron chi connectivity index (χ0n) is 7.37. The van der Waals surface area contributed by atoms with Gasteiger partial charge in [-0.2, -0.15) is 0 Å². The number of para-hydroxylation sites is 1. The average molecular weight is 177 g/mol. The van der Waals surface area contributed by atoms with Crippen LogP contribution in [0.1, 0.15) is 11.1 Å². The topological polar surface area (TPSA) is 49.3 Å². The largest absolute Gasteiger partial charge is 0.480 e. The summed E-state index contributed by atoms with van der Waals surface area (Å²) in [6.45, 7) is 1.98. The first-order chi connectivity index (χ1) is 6.18. The van der Waals surface area contributed by atoms with Crippen LogP contribution < -0.4 is 5.32 Å². The van der Waals surface area contributed by atoms with E-state index in [9.17, 15) is 4.79 Å². The molecule has 3 heteroatoms. The molecule has 1 atom stereocenters. The first kappa shape index (κ1) is 8.10. The summed E-state index contributed by atoms with van der Waals surface area (Å²) in [5, 5.41) is 11.8. The first-order valence-electron chi connectivity index (χ1n) is 4.26. The molecule has 0 aliphatic carbocycles. The van der Waals surface area contributed by atoms with Crippen molar-refractivity contribution in [1.82, 2.24) is 0 Å². The average Bonchev–Trinajstić information content (AvgIpc) is 2.49. The van der Waals surface area contributed by atoms with Gasteiger partial charge in [-0.15, -0.1) is 0 Å². The third-order valence-electron chi connectivity index (χ3n) is 2.40. The van der Waals surface area contributed by atoms with Crippen LogP contribution >= 0.6 is 0 Å². The van der Waals surface area contributed by atoms with Crippen molar-refractivity contribution in [3.8, 4) is 0 Å². The Hall–Kier alpha value is -1.51. The number of aryl methyl sites for hydroxylation is 1. The van der Waals surface area contributed by atoms with Gasteiger partial charge in [0.15, 0.2) is 0 Å². The van der Waals surface area contributed by atoms with Gasteiger partial charge >= 0.3 is 5.97 Å². The van der Waals surface area contributed by atoms with Gasteiger partial charge in [-0.1, -0.05) is 18.2 Å². The Balaban J connectivity index is 2.35. The fraction of sp³-hybridized carbons (Fsp3) is 0.300. The molecule has 2 rings (SSSR count). The molecule has 1 unspecified atom stereocenters. The van der Waals surface area contributed by atoms with Gasteiger partial charge in [-0.05, 0) is 18.1 Å². The lowest BCUT2D eigenvalue weighted by molar-refractivity contribution is -0.137. The summed E-state index contributed by atoms with van der Waals surface area (Å²) in [5.41, 5.74) is 3.21. The number of nitrogens with one attached hydrogen (secondary N) is 1. The number of aliphatic carboxylic acids is 1. The Kier molecular flexibility index (Phi) is 1.72. The molecule has 0 fully saturated rings. The minimum Gasteiger partial charge on any atom is -0.480 e. The number of carbonyl (C=O) groups is 1. The monoisotopic (exact) mass is 177 g/mol. The zero-order chi connectivity index (χ0) is 9.42. The molecule has 0 radical (unpaired) electrons. The number of benzene rings is 1. The molecule has 0 aromatic heterocycles. The van der Waals surface area contributed by atoms with Gasteiger partial charge in [0.2, 0.25) is 0 Å². The number of carboxylic acid groups (broad SMARTS) is 1. The number of rotatable bonds is 1. The predicted molar refractivity (Wildman–Crippen MR) is 49.9 cm³/mol. The quantitative estimate of drug-likeness (QED) is 0.682. The van der Waals surface area contributed by atoms with Crippen LogP contribution in [-0.2, 0) is 11.2 Å². The molecule has 13 heavy (non-hydrogen) atoms. The smallest absolute Gasteiger partial charge is 0.326 e. The summed E-state index contributed by atoms with van der Waals surface area (Å²) in [5.74, 6) is -0.782. The van der Waals surface area contributed by atoms with Gasteiger partial charge in [0.25, 0.3) is 0 Å². The van der Waals surface area contributed by atoms with Crippen molar-refractivity contribution in [3.05, 3.63) is 29.3 Å². The van der Waals surface area contributed by atoms with E-state index in [1.165, 1.54) is 0 Å². The van der Waals surface area contributed by atoms with Crippen LogP contribution in [0.4, 0.5) is 5.69 Å². The van der Waals surface area contributed by atoms with Gasteiger partial charge < -0.3 is 10.4 Å². The van der Waals surface area contributed by atoms with E-state index in [-0.39, 0.29) is 0 Å². The molecule has 2 N–H and O–H groups in total. The summed E-state index contributed by atoms with van der Waals surface area (Å²) < 4.78 is 0. The van der Waals surface area contributed by atoms with Crippen molar-refractivity contribution in [2.45, 2.75) is 19.4 Å². The lowest BCUT2D eigenvalue weighted by atomic mass is 10.1. The van der Waals surface area contributed by atoms with E-state index in [4.69, 9.17) is 5.11 Å².